The van der Waals surface area contributed by atoms with Crippen LogP contribution in [0.5, 0.6) is 0 Å². The molecule has 2 nitrogen and oxygen atoms in total. The van der Waals surface area contributed by atoms with Crippen LogP contribution < -0.4 is 4.57 Å². The summed E-state index contributed by atoms with van der Waals surface area (Å²) in [6.07, 6.45) is 7.35. The van der Waals surface area contributed by atoms with E-state index in [0.717, 1.165) is 13.0 Å². The van der Waals surface area contributed by atoms with Crippen molar-refractivity contribution in [1.29, 1.82) is 0 Å². The molecular formula is C20H21N2+. The smallest absolute Gasteiger partial charge is 0.227 e. The molecule has 0 atom stereocenters. The lowest BCUT2D eigenvalue weighted by Gasteiger charge is -2.02. The van der Waals surface area contributed by atoms with Gasteiger partial charge in [0.2, 0.25) is 0 Å². The average molecular weight is 289 g/mol. The highest BCUT2D eigenvalue weighted by Crippen LogP contribution is 2.23. The van der Waals surface area contributed by atoms with Gasteiger partial charge in [0.25, 0.3) is 5.82 Å². The normalized spacial score (nSPS) is 14.4. The van der Waals surface area contributed by atoms with Gasteiger partial charge in [0.15, 0.2) is 5.69 Å². The van der Waals surface area contributed by atoms with Crippen LogP contribution in [0.15, 0.2) is 66.9 Å². The van der Waals surface area contributed by atoms with Crippen molar-refractivity contribution in [2.75, 3.05) is 0 Å². The molecule has 2 heterocycles. The van der Waals surface area contributed by atoms with Gasteiger partial charge in [-0.05, 0) is 31.4 Å². The molecule has 0 radical (unpaired) electrons. The fourth-order valence-corrected chi connectivity index (χ4v) is 3.42. The van der Waals surface area contributed by atoms with Gasteiger partial charge in [0.05, 0.1) is 6.54 Å². The molecule has 0 unspecified atom stereocenters. The molecule has 3 aromatic rings. The van der Waals surface area contributed by atoms with Gasteiger partial charge in [-0.1, -0.05) is 48.5 Å². The van der Waals surface area contributed by atoms with E-state index >= 15 is 0 Å². The van der Waals surface area contributed by atoms with E-state index in [-0.39, 0.29) is 0 Å². The van der Waals surface area contributed by atoms with Gasteiger partial charge in [-0.15, -0.1) is 0 Å². The molecule has 0 bridgehead atoms. The Balaban J connectivity index is 1.91. The lowest BCUT2D eigenvalue weighted by molar-refractivity contribution is -0.692. The van der Waals surface area contributed by atoms with Crippen LogP contribution in [-0.4, -0.2) is 4.57 Å². The van der Waals surface area contributed by atoms with Crippen molar-refractivity contribution in [3.8, 4) is 16.9 Å². The Bertz CT molecular complexity index is 693. The minimum Gasteiger partial charge on any atom is -0.227 e. The van der Waals surface area contributed by atoms with Gasteiger partial charge in [0.1, 0.15) is 11.9 Å². The summed E-state index contributed by atoms with van der Waals surface area (Å²) >= 11 is 0. The molecule has 22 heavy (non-hydrogen) atoms. The first-order valence-corrected chi connectivity index (χ1v) is 8.18. The molecule has 0 spiro atoms. The largest absolute Gasteiger partial charge is 0.262 e. The number of rotatable bonds is 2. The van der Waals surface area contributed by atoms with Crippen molar-refractivity contribution >= 4 is 0 Å². The summed E-state index contributed by atoms with van der Waals surface area (Å²) in [5.41, 5.74) is 3.90. The summed E-state index contributed by atoms with van der Waals surface area (Å²) in [7, 11) is 0. The van der Waals surface area contributed by atoms with E-state index in [0.29, 0.717) is 0 Å². The number of para-hydroxylation sites is 1. The van der Waals surface area contributed by atoms with E-state index in [4.69, 9.17) is 0 Å². The number of fused-ring (bicyclic) bond motifs is 1. The average Bonchev–Trinajstić information content (AvgIpc) is 2.78. The molecule has 0 aliphatic carbocycles. The van der Waals surface area contributed by atoms with Gasteiger partial charge in [-0.25, -0.2) is 4.57 Å². The molecule has 0 amide bonds. The molecule has 2 aromatic carbocycles. The van der Waals surface area contributed by atoms with Crippen molar-refractivity contribution in [2.45, 2.75) is 32.2 Å². The van der Waals surface area contributed by atoms with E-state index in [1.165, 1.54) is 42.0 Å². The van der Waals surface area contributed by atoms with Gasteiger partial charge >= 0.3 is 0 Å². The Kier molecular flexibility index (Phi) is 3.51. The molecule has 1 aromatic heterocycles. The highest BCUT2D eigenvalue weighted by atomic mass is 15.2. The van der Waals surface area contributed by atoms with Crippen LogP contribution in [0.4, 0.5) is 0 Å². The summed E-state index contributed by atoms with van der Waals surface area (Å²) in [6, 6.07) is 21.5. The first-order chi connectivity index (χ1) is 10.9. The molecule has 110 valence electrons. The number of hydrogen-bond acceptors (Lipinski definition) is 0. The minimum absolute atomic E-state index is 1.12. The Labute approximate surface area is 131 Å². The van der Waals surface area contributed by atoms with E-state index in [2.05, 4.69) is 76.0 Å². The second kappa shape index (κ2) is 5.80. The third-order valence-corrected chi connectivity index (χ3v) is 4.52. The zero-order chi connectivity index (χ0) is 14.8. The van der Waals surface area contributed by atoms with Crippen molar-refractivity contribution < 1.29 is 4.57 Å². The minimum atomic E-state index is 1.12. The number of nitrogens with zero attached hydrogens (tertiary/aromatic N) is 2. The summed E-state index contributed by atoms with van der Waals surface area (Å²) in [5, 5.41) is 0. The summed E-state index contributed by atoms with van der Waals surface area (Å²) in [6.45, 7) is 1.12. The van der Waals surface area contributed by atoms with Crippen LogP contribution in [0.2, 0.25) is 0 Å². The lowest BCUT2D eigenvalue weighted by atomic mass is 10.1. The predicted molar refractivity (Wildman–Crippen MR) is 89.0 cm³/mol. The van der Waals surface area contributed by atoms with Crippen molar-refractivity contribution in [3.05, 3.63) is 72.7 Å². The number of benzene rings is 2. The topological polar surface area (TPSA) is 8.81 Å². The second-order valence-corrected chi connectivity index (χ2v) is 5.96. The SMILES string of the molecule is c1ccc(-c2cn(-c3ccccc3)c3[n+]2CCCCC3)cc1. The van der Waals surface area contributed by atoms with Crippen LogP contribution in [0, 0.1) is 0 Å². The molecule has 0 saturated heterocycles. The van der Waals surface area contributed by atoms with Crippen LogP contribution in [0.25, 0.3) is 16.9 Å². The van der Waals surface area contributed by atoms with Crippen LogP contribution in [0.3, 0.4) is 0 Å². The molecule has 2 heteroatoms. The van der Waals surface area contributed by atoms with E-state index < -0.39 is 0 Å². The van der Waals surface area contributed by atoms with Crippen molar-refractivity contribution in [3.63, 3.8) is 0 Å². The third kappa shape index (κ3) is 2.35. The second-order valence-electron chi connectivity index (χ2n) is 5.96. The molecule has 4 rings (SSSR count). The zero-order valence-electron chi connectivity index (χ0n) is 12.8. The number of hydrogen-bond donors (Lipinski definition) is 0. The standard InChI is InChI=1S/C20H21N2/c1-4-10-17(11-5-1)19-16-22(18-12-6-2-7-13-18)20-14-8-3-9-15-21(19)20/h1-2,4-7,10-13,16H,3,8-9,14-15H2/q+1. The van der Waals surface area contributed by atoms with Crippen LogP contribution in [-0.2, 0) is 13.0 Å². The fraction of sp³-hybridized carbons (Fsp3) is 0.250. The summed E-state index contributed by atoms with van der Waals surface area (Å²) in [4.78, 5) is 0. The molecule has 0 fully saturated rings. The molecule has 1 aliphatic rings. The quantitative estimate of drug-likeness (QED) is 0.626. The van der Waals surface area contributed by atoms with Crippen LogP contribution >= 0.6 is 0 Å². The first-order valence-electron chi connectivity index (χ1n) is 8.18. The predicted octanol–water partition coefficient (Wildman–Crippen LogP) is 4.16. The van der Waals surface area contributed by atoms with Crippen LogP contribution in [0.1, 0.15) is 25.1 Å². The van der Waals surface area contributed by atoms with E-state index in [1.807, 2.05) is 0 Å². The highest BCUT2D eigenvalue weighted by Gasteiger charge is 2.26. The highest BCUT2D eigenvalue weighted by molar-refractivity contribution is 5.56. The maximum Gasteiger partial charge on any atom is 0.262 e. The lowest BCUT2D eigenvalue weighted by Crippen LogP contribution is -2.38. The first kappa shape index (κ1) is 13.3. The Morgan fingerprint density at radius 2 is 1.50 bits per heavy atom. The van der Waals surface area contributed by atoms with Gasteiger partial charge in [0, 0.05) is 12.0 Å². The van der Waals surface area contributed by atoms with E-state index in [9.17, 15) is 0 Å². The van der Waals surface area contributed by atoms with Gasteiger partial charge in [-0.2, -0.15) is 4.57 Å². The maximum absolute atomic E-state index is 2.52. The van der Waals surface area contributed by atoms with E-state index in [1.54, 1.807) is 0 Å². The molecule has 0 N–H and O–H groups in total. The molecule has 0 saturated carbocycles. The van der Waals surface area contributed by atoms with Gasteiger partial charge in [-0.3, -0.25) is 0 Å². The number of imidazole rings is 1. The Hall–Kier alpha value is -2.35. The summed E-state index contributed by atoms with van der Waals surface area (Å²) < 4.78 is 4.91. The molecule has 1 aliphatic heterocycles. The third-order valence-electron chi connectivity index (χ3n) is 4.52. The molecular weight excluding hydrogens is 268 g/mol. The maximum atomic E-state index is 2.52. The Morgan fingerprint density at radius 1 is 0.773 bits per heavy atom. The van der Waals surface area contributed by atoms with Gasteiger partial charge < -0.3 is 0 Å². The zero-order valence-corrected chi connectivity index (χ0v) is 12.8. The fourth-order valence-electron chi connectivity index (χ4n) is 3.42. The monoisotopic (exact) mass is 289 g/mol. The van der Waals surface area contributed by atoms with Crippen molar-refractivity contribution in [2.24, 2.45) is 0 Å². The number of aromatic nitrogens is 2. The Morgan fingerprint density at radius 3 is 2.27 bits per heavy atom. The summed E-state index contributed by atoms with van der Waals surface area (Å²) in [5.74, 6) is 1.43. The van der Waals surface area contributed by atoms with Crippen molar-refractivity contribution in [1.82, 2.24) is 4.57 Å².